The molecule has 0 spiro atoms. The van der Waals surface area contributed by atoms with Gasteiger partial charge in [0.25, 0.3) is 5.56 Å². The minimum absolute atomic E-state index is 0.0120. The average Bonchev–Trinajstić information content (AvgIpc) is 2.59. The fraction of sp³-hybridized carbons (Fsp3) is 0.400. The number of hydrogen-bond acceptors (Lipinski definition) is 4. The molecule has 1 aromatic rings. The molecular formula is C10H11NO5S. The number of nitrogens with one attached hydrogen (secondary N) is 1. The van der Waals surface area contributed by atoms with Gasteiger partial charge >= 0.3 is 5.97 Å². The molecule has 0 radical (unpaired) electrons. The van der Waals surface area contributed by atoms with E-state index >= 15 is 0 Å². The van der Waals surface area contributed by atoms with E-state index in [1.165, 1.54) is 12.3 Å². The molecule has 1 fully saturated rings. The van der Waals surface area contributed by atoms with E-state index in [0.717, 1.165) is 0 Å². The van der Waals surface area contributed by atoms with Gasteiger partial charge in [0.2, 0.25) is 0 Å². The second-order valence-corrected chi connectivity index (χ2v) is 6.31. The molecule has 2 heterocycles. The number of aromatic amines is 1. The minimum Gasteiger partial charge on any atom is -0.477 e. The quantitative estimate of drug-likeness (QED) is 0.774. The van der Waals surface area contributed by atoms with Crippen molar-refractivity contribution in [3.05, 3.63) is 33.7 Å². The number of carboxylic acid groups (broad SMARTS) is 1. The van der Waals surface area contributed by atoms with Crippen LogP contribution in [0.3, 0.4) is 0 Å². The summed E-state index contributed by atoms with van der Waals surface area (Å²) in [5.41, 5.74) is -0.475. The molecule has 6 nitrogen and oxygen atoms in total. The number of pyridine rings is 1. The molecule has 2 rings (SSSR count). The molecule has 1 aliphatic heterocycles. The van der Waals surface area contributed by atoms with Crippen molar-refractivity contribution in [2.75, 3.05) is 11.5 Å². The van der Waals surface area contributed by atoms with Gasteiger partial charge in [-0.05, 0) is 18.1 Å². The van der Waals surface area contributed by atoms with Crippen LogP contribution in [0.5, 0.6) is 0 Å². The Hall–Kier alpha value is -1.63. The second kappa shape index (κ2) is 3.99. The van der Waals surface area contributed by atoms with Crippen molar-refractivity contribution in [1.29, 1.82) is 0 Å². The van der Waals surface area contributed by atoms with Crippen molar-refractivity contribution in [3.63, 3.8) is 0 Å². The monoisotopic (exact) mass is 257 g/mol. The average molecular weight is 257 g/mol. The zero-order chi connectivity index (χ0) is 12.6. The Morgan fingerprint density at radius 3 is 2.71 bits per heavy atom. The molecule has 1 aromatic heterocycles. The highest BCUT2D eigenvalue weighted by Crippen LogP contribution is 2.28. The van der Waals surface area contributed by atoms with Crippen molar-refractivity contribution in [2.24, 2.45) is 0 Å². The van der Waals surface area contributed by atoms with Crippen LogP contribution in [0.1, 0.15) is 28.3 Å². The molecule has 0 saturated carbocycles. The van der Waals surface area contributed by atoms with Gasteiger partial charge < -0.3 is 10.1 Å². The minimum atomic E-state index is -3.03. The second-order valence-electron chi connectivity index (χ2n) is 4.08. The SMILES string of the molecule is O=C(O)c1cc(C2CCS(=O)(=O)C2)c[nH]c1=O. The Morgan fingerprint density at radius 1 is 1.47 bits per heavy atom. The molecule has 0 amide bonds. The Balaban J connectivity index is 2.38. The van der Waals surface area contributed by atoms with Crippen molar-refractivity contribution >= 4 is 15.8 Å². The van der Waals surface area contributed by atoms with Crippen LogP contribution in [0.4, 0.5) is 0 Å². The van der Waals surface area contributed by atoms with E-state index in [1.54, 1.807) is 0 Å². The molecule has 0 aliphatic carbocycles. The molecule has 1 atom stereocenters. The van der Waals surface area contributed by atoms with Crippen molar-refractivity contribution in [2.45, 2.75) is 12.3 Å². The van der Waals surface area contributed by atoms with Gasteiger partial charge in [0.15, 0.2) is 9.84 Å². The number of carbonyl (C=O) groups is 1. The molecule has 7 heteroatoms. The summed E-state index contributed by atoms with van der Waals surface area (Å²) in [6, 6.07) is 1.26. The molecule has 1 saturated heterocycles. The fourth-order valence-corrected chi connectivity index (χ4v) is 3.74. The Bertz CT molecular complexity index is 616. The normalized spacial score (nSPS) is 22.5. The summed E-state index contributed by atoms with van der Waals surface area (Å²) >= 11 is 0. The number of H-pyrrole nitrogens is 1. The largest absolute Gasteiger partial charge is 0.477 e. The van der Waals surface area contributed by atoms with E-state index in [2.05, 4.69) is 4.98 Å². The van der Waals surface area contributed by atoms with Gasteiger partial charge in [-0.2, -0.15) is 0 Å². The van der Waals surface area contributed by atoms with Gasteiger partial charge in [0.1, 0.15) is 5.56 Å². The summed E-state index contributed by atoms with van der Waals surface area (Å²) in [6.07, 6.45) is 1.85. The predicted octanol–water partition coefficient (Wildman–Crippen LogP) is -0.0248. The lowest BCUT2D eigenvalue weighted by atomic mass is 9.99. The first-order valence-electron chi connectivity index (χ1n) is 5.05. The number of carboxylic acids is 1. The van der Waals surface area contributed by atoms with Crippen LogP contribution >= 0.6 is 0 Å². The number of hydrogen-bond donors (Lipinski definition) is 2. The molecule has 1 aliphatic rings. The Labute approximate surface area is 97.2 Å². The van der Waals surface area contributed by atoms with Gasteiger partial charge in [0, 0.05) is 12.1 Å². The number of rotatable bonds is 2. The molecular weight excluding hydrogens is 246 g/mol. The first kappa shape index (κ1) is 11.8. The molecule has 1 unspecified atom stereocenters. The zero-order valence-corrected chi connectivity index (χ0v) is 9.66. The summed E-state index contributed by atoms with van der Waals surface area (Å²) in [6.45, 7) is 0. The van der Waals surface area contributed by atoms with E-state index in [0.29, 0.717) is 12.0 Å². The van der Waals surface area contributed by atoms with Crippen molar-refractivity contribution in [3.8, 4) is 0 Å². The highest BCUT2D eigenvalue weighted by molar-refractivity contribution is 7.91. The highest BCUT2D eigenvalue weighted by atomic mass is 32.2. The Kier molecular flexibility index (Phi) is 2.78. The maximum absolute atomic E-state index is 11.3. The topological polar surface area (TPSA) is 104 Å². The highest BCUT2D eigenvalue weighted by Gasteiger charge is 2.29. The van der Waals surface area contributed by atoms with Crippen LogP contribution in [-0.2, 0) is 9.84 Å². The van der Waals surface area contributed by atoms with E-state index < -0.39 is 21.4 Å². The lowest BCUT2D eigenvalue weighted by Gasteiger charge is -2.07. The predicted molar refractivity (Wildman–Crippen MR) is 60.0 cm³/mol. The van der Waals surface area contributed by atoms with Crippen LogP contribution in [0.2, 0.25) is 0 Å². The maximum atomic E-state index is 11.3. The number of aromatic carboxylic acids is 1. The van der Waals surface area contributed by atoms with Gasteiger partial charge in [-0.15, -0.1) is 0 Å². The van der Waals surface area contributed by atoms with Crippen LogP contribution < -0.4 is 5.56 Å². The lowest BCUT2D eigenvalue weighted by Crippen LogP contribution is -2.18. The maximum Gasteiger partial charge on any atom is 0.341 e. The summed E-state index contributed by atoms with van der Waals surface area (Å²) < 4.78 is 22.6. The molecule has 0 bridgehead atoms. The standard InChI is InChI=1S/C10H11NO5S/c12-9-8(10(13)14)3-7(4-11-9)6-1-2-17(15,16)5-6/h3-4,6H,1-2,5H2,(H,11,12)(H,13,14). The third-order valence-electron chi connectivity index (χ3n) is 2.86. The van der Waals surface area contributed by atoms with E-state index in [4.69, 9.17) is 5.11 Å². The van der Waals surface area contributed by atoms with E-state index in [9.17, 15) is 18.0 Å². The van der Waals surface area contributed by atoms with Crippen LogP contribution in [0.15, 0.2) is 17.1 Å². The number of aromatic nitrogens is 1. The van der Waals surface area contributed by atoms with Gasteiger partial charge in [0.05, 0.1) is 11.5 Å². The van der Waals surface area contributed by atoms with Gasteiger partial charge in [-0.1, -0.05) is 0 Å². The summed E-state index contributed by atoms with van der Waals surface area (Å²) in [7, 11) is -3.03. The van der Waals surface area contributed by atoms with Crippen LogP contribution in [-0.4, -0.2) is 36.0 Å². The van der Waals surface area contributed by atoms with Crippen molar-refractivity contribution < 1.29 is 18.3 Å². The first-order chi connectivity index (χ1) is 7.89. The summed E-state index contributed by atoms with van der Waals surface area (Å²) in [4.78, 5) is 24.3. The summed E-state index contributed by atoms with van der Waals surface area (Å²) in [5, 5.41) is 8.80. The van der Waals surface area contributed by atoms with E-state index in [1.807, 2.05) is 0 Å². The van der Waals surface area contributed by atoms with Crippen LogP contribution in [0.25, 0.3) is 0 Å². The fourth-order valence-electron chi connectivity index (χ4n) is 1.95. The zero-order valence-electron chi connectivity index (χ0n) is 8.84. The first-order valence-corrected chi connectivity index (χ1v) is 6.87. The smallest absolute Gasteiger partial charge is 0.341 e. The lowest BCUT2D eigenvalue weighted by molar-refractivity contribution is 0.0694. The molecule has 0 aromatic carbocycles. The van der Waals surface area contributed by atoms with Gasteiger partial charge in [-0.3, -0.25) is 4.79 Å². The van der Waals surface area contributed by atoms with E-state index in [-0.39, 0.29) is 23.0 Å². The van der Waals surface area contributed by atoms with Gasteiger partial charge in [-0.25, -0.2) is 13.2 Å². The molecule has 2 N–H and O–H groups in total. The Morgan fingerprint density at radius 2 is 2.18 bits per heavy atom. The third-order valence-corrected chi connectivity index (χ3v) is 4.63. The molecule has 17 heavy (non-hydrogen) atoms. The van der Waals surface area contributed by atoms with Crippen LogP contribution in [0, 0.1) is 0 Å². The molecule has 92 valence electrons. The third kappa shape index (κ3) is 2.38. The van der Waals surface area contributed by atoms with Crippen molar-refractivity contribution in [1.82, 2.24) is 4.98 Å². The summed E-state index contributed by atoms with van der Waals surface area (Å²) in [5.74, 6) is -1.42. The number of sulfone groups is 1.